The third-order valence-electron chi connectivity index (χ3n) is 4.59. The summed E-state index contributed by atoms with van der Waals surface area (Å²) in [6.07, 6.45) is 19.9. The number of nitrogens with zero attached hydrogens (tertiary/aromatic N) is 1. The fraction of sp³-hybridized carbons (Fsp3) is 0.875. The first-order chi connectivity index (χ1) is 8.38. The van der Waals surface area contributed by atoms with Crippen molar-refractivity contribution in [1.82, 2.24) is 4.90 Å². The first-order valence-electron chi connectivity index (χ1n) is 7.59. The van der Waals surface area contributed by atoms with Crippen LogP contribution in [0.5, 0.6) is 0 Å². The van der Waals surface area contributed by atoms with Crippen LogP contribution < -0.4 is 0 Å². The van der Waals surface area contributed by atoms with E-state index in [0.717, 1.165) is 24.9 Å². The largest absolute Gasteiger partial charge is 0.332 e. The predicted molar refractivity (Wildman–Crippen MR) is 73.6 cm³/mol. The van der Waals surface area contributed by atoms with Crippen LogP contribution in [0.1, 0.15) is 64.2 Å². The van der Waals surface area contributed by atoms with E-state index in [1.54, 1.807) is 0 Å². The molecule has 0 amide bonds. The van der Waals surface area contributed by atoms with Crippen molar-refractivity contribution in [2.75, 3.05) is 13.1 Å². The van der Waals surface area contributed by atoms with E-state index < -0.39 is 0 Å². The molecule has 0 heterocycles. The number of terminal acetylenes is 1. The second-order valence-corrected chi connectivity index (χ2v) is 6.04. The van der Waals surface area contributed by atoms with E-state index >= 15 is 0 Å². The smallest absolute Gasteiger partial charge is 0.0288 e. The molecule has 17 heavy (non-hydrogen) atoms. The van der Waals surface area contributed by atoms with Crippen molar-refractivity contribution < 1.29 is 0 Å². The van der Waals surface area contributed by atoms with Crippen molar-refractivity contribution >= 4 is 0 Å². The van der Waals surface area contributed by atoms with Crippen LogP contribution in [0.25, 0.3) is 0 Å². The highest BCUT2D eigenvalue weighted by molar-refractivity contribution is 4.88. The average Bonchev–Trinajstić information content (AvgIpc) is 2.40. The third kappa shape index (κ3) is 4.26. The van der Waals surface area contributed by atoms with Gasteiger partial charge in [0.15, 0.2) is 0 Å². The number of rotatable bonds is 4. The van der Waals surface area contributed by atoms with Gasteiger partial charge in [-0.1, -0.05) is 44.9 Å². The van der Waals surface area contributed by atoms with Gasteiger partial charge in [-0.15, -0.1) is 0 Å². The summed E-state index contributed by atoms with van der Waals surface area (Å²) < 4.78 is 0. The molecule has 1 heteroatoms. The SMILES string of the molecule is C#CN(CC1CCCCC1)CC1CCCCC1. The van der Waals surface area contributed by atoms with Crippen LogP contribution in [-0.2, 0) is 0 Å². The Morgan fingerprint density at radius 3 is 1.53 bits per heavy atom. The fourth-order valence-corrected chi connectivity index (χ4v) is 3.54. The van der Waals surface area contributed by atoms with E-state index in [1.165, 1.54) is 64.2 Å². The van der Waals surface area contributed by atoms with Crippen LogP contribution in [0.15, 0.2) is 0 Å². The summed E-state index contributed by atoms with van der Waals surface area (Å²) in [5.74, 6) is 1.76. The lowest BCUT2D eigenvalue weighted by molar-refractivity contribution is 0.216. The second-order valence-electron chi connectivity index (χ2n) is 6.04. The Bertz CT molecular complexity index is 221. The average molecular weight is 233 g/mol. The Balaban J connectivity index is 1.73. The molecule has 0 N–H and O–H groups in total. The highest BCUT2D eigenvalue weighted by Crippen LogP contribution is 2.27. The van der Waals surface area contributed by atoms with Crippen molar-refractivity contribution in [3.05, 3.63) is 0 Å². The lowest BCUT2D eigenvalue weighted by Crippen LogP contribution is -2.31. The van der Waals surface area contributed by atoms with Gasteiger partial charge >= 0.3 is 0 Å². The summed E-state index contributed by atoms with van der Waals surface area (Å²) in [7, 11) is 0. The lowest BCUT2D eigenvalue weighted by Gasteiger charge is -2.31. The standard InChI is InChI=1S/C16H27N/c1-2-17(13-15-9-5-3-6-10-15)14-16-11-7-4-8-12-16/h1,15-16H,3-14H2. The second kappa shape index (κ2) is 6.94. The summed E-state index contributed by atoms with van der Waals surface area (Å²) >= 11 is 0. The Labute approximate surface area is 107 Å². The molecule has 2 saturated carbocycles. The molecule has 0 aliphatic heterocycles. The Hall–Kier alpha value is -0.640. The summed E-state index contributed by atoms with van der Waals surface area (Å²) in [5, 5.41) is 0. The molecule has 0 aromatic heterocycles. The quantitative estimate of drug-likeness (QED) is 0.523. The van der Waals surface area contributed by atoms with E-state index in [2.05, 4.69) is 10.9 Å². The van der Waals surface area contributed by atoms with E-state index in [0.29, 0.717) is 0 Å². The molecular weight excluding hydrogens is 206 g/mol. The van der Waals surface area contributed by atoms with Gasteiger partial charge < -0.3 is 4.90 Å². The van der Waals surface area contributed by atoms with Crippen molar-refractivity contribution in [3.8, 4) is 12.5 Å². The predicted octanol–water partition coefficient (Wildman–Crippen LogP) is 4.04. The fourth-order valence-electron chi connectivity index (χ4n) is 3.54. The van der Waals surface area contributed by atoms with Gasteiger partial charge in [-0.05, 0) is 37.5 Å². The molecule has 0 aromatic rings. The minimum Gasteiger partial charge on any atom is -0.332 e. The summed E-state index contributed by atoms with van der Waals surface area (Å²) in [5.41, 5.74) is 0. The van der Waals surface area contributed by atoms with Crippen LogP contribution in [0.2, 0.25) is 0 Å². The Morgan fingerprint density at radius 2 is 1.18 bits per heavy atom. The van der Waals surface area contributed by atoms with E-state index in [-0.39, 0.29) is 0 Å². The van der Waals surface area contributed by atoms with Gasteiger partial charge in [0.1, 0.15) is 0 Å². The molecule has 2 aliphatic rings. The minimum absolute atomic E-state index is 0.878. The normalized spacial score (nSPS) is 23.2. The molecule has 2 aliphatic carbocycles. The molecule has 0 radical (unpaired) electrons. The molecule has 0 atom stereocenters. The lowest BCUT2D eigenvalue weighted by atomic mass is 9.87. The zero-order chi connectivity index (χ0) is 11.9. The van der Waals surface area contributed by atoms with Crippen LogP contribution in [-0.4, -0.2) is 18.0 Å². The number of hydrogen-bond acceptors (Lipinski definition) is 1. The topological polar surface area (TPSA) is 3.24 Å². The van der Waals surface area contributed by atoms with Crippen molar-refractivity contribution in [1.29, 1.82) is 0 Å². The first-order valence-corrected chi connectivity index (χ1v) is 7.59. The molecule has 0 bridgehead atoms. The van der Waals surface area contributed by atoms with Gasteiger partial charge in [-0.3, -0.25) is 0 Å². The minimum atomic E-state index is 0.878. The van der Waals surface area contributed by atoms with Gasteiger partial charge in [-0.2, -0.15) is 0 Å². The zero-order valence-corrected chi connectivity index (χ0v) is 11.2. The van der Waals surface area contributed by atoms with E-state index in [4.69, 9.17) is 6.42 Å². The summed E-state index contributed by atoms with van der Waals surface area (Å²) in [4.78, 5) is 2.28. The van der Waals surface area contributed by atoms with Crippen molar-refractivity contribution in [2.45, 2.75) is 64.2 Å². The highest BCUT2D eigenvalue weighted by atomic mass is 15.1. The Kier molecular flexibility index (Phi) is 5.23. The molecule has 0 unspecified atom stereocenters. The molecule has 0 saturated heterocycles. The molecule has 96 valence electrons. The van der Waals surface area contributed by atoms with Gasteiger partial charge in [-0.25, -0.2) is 0 Å². The zero-order valence-electron chi connectivity index (χ0n) is 11.2. The van der Waals surface area contributed by atoms with Crippen LogP contribution in [0.3, 0.4) is 0 Å². The van der Waals surface area contributed by atoms with Gasteiger partial charge in [0.25, 0.3) is 0 Å². The monoisotopic (exact) mass is 233 g/mol. The van der Waals surface area contributed by atoms with Crippen LogP contribution >= 0.6 is 0 Å². The third-order valence-corrected chi connectivity index (χ3v) is 4.59. The van der Waals surface area contributed by atoms with Gasteiger partial charge in [0.05, 0.1) is 0 Å². The summed E-state index contributed by atoms with van der Waals surface area (Å²) in [6, 6.07) is 2.93. The van der Waals surface area contributed by atoms with Gasteiger partial charge in [0, 0.05) is 19.1 Å². The molecule has 1 nitrogen and oxygen atoms in total. The van der Waals surface area contributed by atoms with E-state index in [9.17, 15) is 0 Å². The molecular formula is C16H27N. The first kappa shape index (κ1) is 12.8. The molecule has 0 spiro atoms. The highest BCUT2D eigenvalue weighted by Gasteiger charge is 2.19. The maximum Gasteiger partial charge on any atom is 0.0288 e. The maximum atomic E-state index is 5.68. The van der Waals surface area contributed by atoms with Gasteiger partial charge in [0.2, 0.25) is 0 Å². The van der Waals surface area contributed by atoms with Crippen LogP contribution in [0.4, 0.5) is 0 Å². The Morgan fingerprint density at radius 1 is 0.765 bits per heavy atom. The van der Waals surface area contributed by atoms with E-state index in [1.807, 2.05) is 0 Å². The van der Waals surface area contributed by atoms with Crippen LogP contribution in [0, 0.1) is 24.3 Å². The molecule has 2 fully saturated rings. The van der Waals surface area contributed by atoms with Crippen molar-refractivity contribution in [2.24, 2.45) is 11.8 Å². The summed E-state index contributed by atoms with van der Waals surface area (Å²) in [6.45, 7) is 2.32. The molecule has 0 aromatic carbocycles. The number of hydrogen-bond donors (Lipinski definition) is 0. The molecule has 2 rings (SSSR count). The maximum absolute atomic E-state index is 5.68. The van der Waals surface area contributed by atoms with Crippen molar-refractivity contribution in [3.63, 3.8) is 0 Å².